The van der Waals surface area contributed by atoms with Crippen molar-refractivity contribution in [3.8, 4) is 11.5 Å². The number of benzene rings is 1. The standard InChI is InChI=1S/C8H10N4O2/c9-8(10)12-11-4-5-2-1-3-6(13)7(5)14/h1-4,13-14H,(H4,9,10,12)/b11-4+. The van der Waals surface area contributed by atoms with E-state index in [-0.39, 0.29) is 17.5 Å². The second-order valence-electron chi connectivity index (χ2n) is 2.50. The van der Waals surface area contributed by atoms with Crippen molar-refractivity contribution in [3.63, 3.8) is 0 Å². The summed E-state index contributed by atoms with van der Waals surface area (Å²) in [5.74, 6) is -0.792. The van der Waals surface area contributed by atoms with Crippen LogP contribution in [0, 0.1) is 5.41 Å². The summed E-state index contributed by atoms with van der Waals surface area (Å²) in [7, 11) is 0. The van der Waals surface area contributed by atoms with Crippen molar-refractivity contribution in [2.45, 2.75) is 0 Å². The number of aromatic hydroxyl groups is 2. The highest BCUT2D eigenvalue weighted by atomic mass is 16.3. The summed E-state index contributed by atoms with van der Waals surface area (Å²) in [6.45, 7) is 0. The van der Waals surface area contributed by atoms with Crippen molar-refractivity contribution in [2.24, 2.45) is 10.8 Å². The van der Waals surface area contributed by atoms with Gasteiger partial charge in [-0.25, -0.2) is 5.43 Å². The van der Waals surface area contributed by atoms with Gasteiger partial charge in [0.05, 0.1) is 6.21 Å². The van der Waals surface area contributed by atoms with Gasteiger partial charge >= 0.3 is 0 Å². The van der Waals surface area contributed by atoms with Crippen LogP contribution in [0.1, 0.15) is 5.56 Å². The molecule has 6 heteroatoms. The maximum atomic E-state index is 9.31. The lowest BCUT2D eigenvalue weighted by Gasteiger charge is -2.00. The molecule has 1 rings (SSSR count). The molecule has 6 N–H and O–H groups in total. The van der Waals surface area contributed by atoms with E-state index in [4.69, 9.17) is 16.2 Å². The molecule has 0 amide bonds. The minimum Gasteiger partial charge on any atom is -0.504 e. The molecule has 0 saturated heterocycles. The maximum absolute atomic E-state index is 9.31. The van der Waals surface area contributed by atoms with Crippen molar-refractivity contribution in [3.05, 3.63) is 23.8 Å². The fourth-order valence-electron chi connectivity index (χ4n) is 0.824. The first kappa shape index (κ1) is 9.85. The molecule has 0 aliphatic carbocycles. The number of phenols is 2. The quantitative estimate of drug-likeness (QED) is 0.196. The molecule has 0 atom stereocenters. The van der Waals surface area contributed by atoms with E-state index in [1.165, 1.54) is 12.3 Å². The molecular weight excluding hydrogens is 184 g/mol. The first-order valence-electron chi connectivity index (χ1n) is 3.75. The predicted octanol–water partition coefficient (Wildman–Crippen LogP) is -0.0852. The number of hydrogen-bond acceptors (Lipinski definition) is 4. The van der Waals surface area contributed by atoms with Crippen molar-refractivity contribution in [2.75, 3.05) is 0 Å². The summed E-state index contributed by atoms with van der Waals surface area (Å²) in [6, 6.07) is 4.47. The Balaban J connectivity index is 2.81. The van der Waals surface area contributed by atoms with Crippen LogP contribution in [0.2, 0.25) is 0 Å². The van der Waals surface area contributed by atoms with Crippen molar-refractivity contribution < 1.29 is 10.2 Å². The molecule has 1 aromatic rings. The van der Waals surface area contributed by atoms with Gasteiger partial charge in [0.15, 0.2) is 11.5 Å². The molecule has 6 nitrogen and oxygen atoms in total. The first-order valence-corrected chi connectivity index (χ1v) is 3.75. The molecule has 0 saturated carbocycles. The zero-order valence-corrected chi connectivity index (χ0v) is 7.23. The number of phenolic OH excluding ortho intramolecular Hbond substituents is 2. The van der Waals surface area contributed by atoms with Gasteiger partial charge in [-0.15, -0.1) is 0 Å². The molecule has 0 fully saturated rings. The van der Waals surface area contributed by atoms with Gasteiger partial charge in [0, 0.05) is 5.56 Å². The van der Waals surface area contributed by atoms with Gasteiger partial charge in [0.25, 0.3) is 0 Å². The smallest absolute Gasteiger partial charge is 0.206 e. The third-order valence-corrected chi connectivity index (χ3v) is 1.43. The summed E-state index contributed by atoms with van der Waals surface area (Å²) < 4.78 is 0. The van der Waals surface area contributed by atoms with Crippen LogP contribution >= 0.6 is 0 Å². The molecule has 0 aliphatic rings. The normalized spacial score (nSPS) is 10.3. The summed E-state index contributed by atoms with van der Waals surface area (Å²) in [4.78, 5) is 0. The number of hydrogen-bond donors (Lipinski definition) is 5. The molecule has 0 unspecified atom stereocenters. The largest absolute Gasteiger partial charge is 0.504 e. The van der Waals surface area contributed by atoms with E-state index in [1.807, 2.05) is 0 Å². The lowest BCUT2D eigenvalue weighted by Crippen LogP contribution is -2.25. The van der Waals surface area contributed by atoms with Gasteiger partial charge < -0.3 is 15.9 Å². The molecule has 0 radical (unpaired) electrons. The van der Waals surface area contributed by atoms with Crippen LogP contribution in [0.15, 0.2) is 23.3 Å². The van der Waals surface area contributed by atoms with Crippen LogP contribution in [-0.2, 0) is 0 Å². The Morgan fingerprint density at radius 3 is 2.86 bits per heavy atom. The second kappa shape index (κ2) is 4.13. The molecular formula is C8H10N4O2. The average molecular weight is 194 g/mol. The molecule has 1 aromatic carbocycles. The van der Waals surface area contributed by atoms with E-state index < -0.39 is 0 Å². The molecule has 14 heavy (non-hydrogen) atoms. The fraction of sp³-hybridized carbons (Fsp3) is 0. The summed E-state index contributed by atoms with van der Waals surface area (Å²) in [5, 5.41) is 28.8. The van der Waals surface area contributed by atoms with Crippen molar-refractivity contribution in [1.82, 2.24) is 5.43 Å². The Labute approximate surface area is 80.2 Å². The Morgan fingerprint density at radius 1 is 1.50 bits per heavy atom. The van der Waals surface area contributed by atoms with Crippen LogP contribution in [0.25, 0.3) is 0 Å². The van der Waals surface area contributed by atoms with E-state index in [2.05, 4.69) is 10.5 Å². The van der Waals surface area contributed by atoms with Crippen LogP contribution in [0.4, 0.5) is 0 Å². The highest BCUT2D eigenvalue weighted by Crippen LogP contribution is 2.26. The van der Waals surface area contributed by atoms with Crippen molar-refractivity contribution in [1.29, 1.82) is 5.41 Å². The zero-order chi connectivity index (χ0) is 10.6. The zero-order valence-electron chi connectivity index (χ0n) is 7.23. The fourth-order valence-corrected chi connectivity index (χ4v) is 0.824. The second-order valence-corrected chi connectivity index (χ2v) is 2.50. The lowest BCUT2D eigenvalue weighted by molar-refractivity contribution is 0.403. The molecule has 0 aromatic heterocycles. The number of nitrogens with two attached hydrogens (primary N) is 1. The van der Waals surface area contributed by atoms with E-state index in [0.717, 1.165) is 0 Å². The highest BCUT2D eigenvalue weighted by Gasteiger charge is 2.02. The minimum atomic E-state index is -0.305. The van der Waals surface area contributed by atoms with Crippen LogP contribution in [0.5, 0.6) is 11.5 Å². The topological polar surface area (TPSA) is 115 Å². The van der Waals surface area contributed by atoms with Crippen LogP contribution in [0.3, 0.4) is 0 Å². The summed E-state index contributed by atoms with van der Waals surface area (Å²) in [5.41, 5.74) is 7.48. The van der Waals surface area contributed by atoms with E-state index in [1.54, 1.807) is 12.1 Å². The Hall–Kier alpha value is -2.24. The number of nitrogens with one attached hydrogen (secondary N) is 2. The van der Waals surface area contributed by atoms with Crippen molar-refractivity contribution >= 4 is 12.2 Å². The Kier molecular flexibility index (Phi) is 2.90. The van der Waals surface area contributed by atoms with Crippen LogP contribution in [-0.4, -0.2) is 22.4 Å². The third kappa shape index (κ3) is 2.37. The maximum Gasteiger partial charge on any atom is 0.206 e. The third-order valence-electron chi connectivity index (χ3n) is 1.43. The van der Waals surface area contributed by atoms with Gasteiger partial charge in [0.2, 0.25) is 5.96 Å². The highest BCUT2D eigenvalue weighted by molar-refractivity contribution is 5.85. The van der Waals surface area contributed by atoms with Gasteiger partial charge in [-0.1, -0.05) is 6.07 Å². The van der Waals surface area contributed by atoms with Gasteiger partial charge in [-0.2, -0.15) is 5.10 Å². The molecule has 0 bridgehead atoms. The number of rotatable bonds is 2. The van der Waals surface area contributed by atoms with E-state index in [0.29, 0.717) is 5.56 Å². The first-order chi connectivity index (χ1) is 6.61. The predicted molar refractivity (Wildman–Crippen MR) is 52.4 cm³/mol. The van der Waals surface area contributed by atoms with Gasteiger partial charge in [0.1, 0.15) is 0 Å². The van der Waals surface area contributed by atoms with Gasteiger partial charge in [-0.3, -0.25) is 5.41 Å². The van der Waals surface area contributed by atoms with Gasteiger partial charge in [-0.05, 0) is 12.1 Å². The SMILES string of the molecule is N=C(N)N/N=C/c1cccc(O)c1O. The Bertz CT molecular complexity index is 376. The Morgan fingerprint density at radius 2 is 2.21 bits per heavy atom. The number of para-hydroxylation sites is 1. The average Bonchev–Trinajstić information content (AvgIpc) is 2.12. The summed E-state index contributed by atoms with van der Waals surface area (Å²) in [6.07, 6.45) is 1.25. The monoisotopic (exact) mass is 194 g/mol. The number of hydrazone groups is 1. The number of nitrogens with zero attached hydrogens (tertiary/aromatic N) is 1. The van der Waals surface area contributed by atoms with Crippen LogP contribution < -0.4 is 11.2 Å². The summed E-state index contributed by atoms with van der Waals surface area (Å²) >= 11 is 0. The lowest BCUT2D eigenvalue weighted by atomic mass is 10.2. The number of guanidine groups is 1. The molecule has 0 heterocycles. The van der Waals surface area contributed by atoms with E-state index >= 15 is 0 Å². The van der Waals surface area contributed by atoms with E-state index in [9.17, 15) is 5.11 Å². The molecule has 74 valence electrons. The molecule has 0 aliphatic heterocycles. The molecule has 0 spiro atoms. The minimum absolute atomic E-state index is 0.225.